The van der Waals surface area contributed by atoms with Crippen LogP contribution in [0.3, 0.4) is 0 Å². The molecule has 4 aromatic rings. The summed E-state index contributed by atoms with van der Waals surface area (Å²) in [5.74, 6) is 0.529. The topological polar surface area (TPSA) is 71.8 Å². The Kier molecular flexibility index (Phi) is 2.69. The Morgan fingerprint density at radius 2 is 2.05 bits per heavy atom. The zero-order chi connectivity index (χ0) is 15.3. The monoisotopic (exact) mass is 287 g/mol. The Morgan fingerprint density at radius 3 is 2.86 bits per heavy atom. The standard InChI is InChI=1S/C15H11B2N3O2/c16-7-1-2-11-9(5-7)12-13(22-11)15(21)20-14(19-12)8-3-4-18-6-10(8)17/h1-6H,16-17H2,(H,19,20,21). The highest BCUT2D eigenvalue weighted by Gasteiger charge is 2.14. The van der Waals surface area contributed by atoms with E-state index in [2.05, 4.69) is 15.0 Å². The van der Waals surface area contributed by atoms with Gasteiger partial charge in [0.25, 0.3) is 5.56 Å². The van der Waals surface area contributed by atoms with E-state index in [9.17, 15) is 4.79 Å². The summed E-state index contributed by atoms with van der Waals surface area (Å²) in [6.45, 7) is 0. The van der Waals surface area contributed by atoms with E-state index >= 15 is 0 Å². The minimum Gasteiger partial charge on any atom is -0.449 e. The fraction of sp³-hybridized carbons (Fsp3) is 0. The van der Waals surface area contributed by atoms with Crippen LogP contribution in [-0.2, 0) is 0 Å². The van der Waals surface area contributed by atoms with E-state index in [4.69, 9.17) is 4.42 Å². The minimum atomic E-state index is -0.273. The average molecular weight is 287 g/mol. The highest BCUT2D eigenvalue weighted by atomic mass is 16.3. The van der Waals surface area contributed by atoms with Crippen LogP contribution >= 0.6 is 0 Å². The zero-order valence-corrected chi connectivity index (χ0v) is 12.2. The summed E-state index contributed by atoms with van der Waals surface area (Å²) < 4.78 is 5.64. The van der Waals surface area contributed by atoms with Crippen molar-refractivity contribution in [2.24, 2.45) is 0 Å². The molecule has 0 aliphatic heterocycles. The number of rotatable bonds is 1. The van der Waals surface area contributed by atoms with E-state index in [0.29, 0.717) is 16.9 Å². The molecule has 7 heteroatoms. The molecule has 0 amide bonds. The number of H-pyrrole nitrogens is 1. The second-order valence-corrected chi connectivity index (χ2v) is 5.38. The minimum absolute atomic E-state index is 0.260. The molecule has 22 heavy (non-hydrogen) atoms. The molecule has 0 fully saturated rings. The summed E-state index contributed by atoms with van der Waals surface area (Å²) in [6, 6.07) is 7.64. The van der Waals surface area contributed by atoms with Gasteiger partial charge < -0.3 is 9.40 Å². The van der Waals surface area contributed by atoms with Crippen molar-refractivity contribution >= 4 is 48.7 Å². The lowest BCUT2D eigenvalue weighted by molar-refractivity contribution is 0.661. The molecule has 0 bridgehead atoms. The van der Waals surface area contributed by atoms with Crippen LogP contribution in [0.15, 0.2) is 45.9 Å². The Balaban J connectivity index is 2.11. The normalized spacial score (nSPS) is 11.3. The third-order valence-corrected chi connectivity index (χ3v) is 3.75. The van der Waals surface area contributed by atoms with Gasteiger partial charge in [0.2, 0.25) is 5.58 Å². The number of nitrogens with zero attached hydrogens (tertiary/aromatic N) is 2. The summed E-state index contributed by atoms with van der Waals surface area (Å²) in [7, 11) is 3.93. The van der Waals surface area contributed by atoms with Gasteiger partial charge in [0.15, 0.2) is 0 Å². The van der Waals surface area contributed by atoms with Crippen molar-refractivity contribution in [1.82, 2.24) is 15.0 Å². The van der Waals surface area contributed by atoms with Crippen molar-refractivity contribution in [3.8, 4) is 11.4 Å². The maximum Gasteiger partial charge on any atom is 0.294 e. The molecule has 104 valence electrons. The largest absolute Gasteiger partial charge is 0.449 e. The number of hydrogen-bond acceptors (Lipinski definition) is 4. The molecule has 0 saturated heterocycles. The number of aromatic amines is 1. The number of furan rings is 1. The maximum absolute atomic E-state index is 12.3. The number of fused-ring (bicyclic) bond motifs is 3. The number of aromatic nitrogens is 3. The fourth-order valence-corrected chi connectivity index (χ4v) is 2.63. The third kappa shape index (κ3) is 1.86. The van der Waals surface area contributed by atoms with Crippen molar-refractivity contribution in [3.05, 3.63) is 47.0 Å². The van der Waals surface area contributed by atoms with Crippen molar-refractivity contribution in [2.75, 3.05) is 0 Å². The van der Waals surface area contributed by atoms with Crippen LogP contribution < -0.4 is 16.5 Å². The zero-order valence-electron chi connectivity index (χ0n) is 12.2. The first kappa shape index (κ1) is 12.9. The third-order valence-electron chi connectivity index (χ3n) is 3.75. The van der Waals surface area contributed by atoms with Gasteiger partial charge in [-0.15, -0.1) is 0 Å². The van der Waals surface area contributed by atoms with Crippen molar-refractivity contribution in [1.29, 1.82) is 0 Å². The predicted molar refractivity (Wildman–Crippen MR) is 91.7 cm³/mol. The number of nitrogens with one attached hydrogen (secondary N) is 1. The van der Waals surface area contributed by atoms with Gasteiger partial charge in [0, 0.05) is 23.3 Å². The van der Waals surface area contributed by atoms with E-state index < -0.39 is 0 Å². The molecular weight excluding hydrogens is 276 g/mol. The second kappa shape index (κ2) is 4.59. The maximum atomic E-state index is 12.3. The molecule has 0 aliphatic rings. The summed E-state index contributed by atoms with van der Waals surface area (Å²) in [4.78, 5) is 23.8. The van der Waals surface area contributed by atoms with Crippen molar-refractivity contribution in [3.63, 3.8) is 0 Å². The van der Waals surface area contributed by atoms with Crippen LogP contribution in [0.25, 0.3) is 33.5 Å². The Labute approximate surface area is 127 Å². The Bertz CT molecular complexity index is 1090. The first-order chi connectivity index (χ1) is 10.6. The first-order valence-corrected chi connectivity index (χ1v) is 6.97. The quantitative estimate of drug-likeness (QED) is 0.467. The van der Waals surface area contributed by atoms with Gasteiger partial charge in [-0.1, -0.05) is 23.1 Å². The SMILES string of the molecule is Bc1ccc2oc3c(=O)[nH]c(-c4ccncc4B)nc3c2c1. The van der Waals surface area contributed by atoms with Crippen LogP contribution in [0.5, 0.6) is 0 Å². The molecule has 5 nitrogen and oxygen atoms in total. The van der Waals surface area contributed by atoms with Crippen molar-refractivity contribution < 1.29 is 4.42 Å². The molecule has 3 aromatic heterocycles. The highest BCUT2D eigenvalue weighted by Crippen LogP contribution is 2.25. The van der Waals surface area contributed by atoms with Gasteiger partial charge >= 0.3 is 0 Å². The highest BCUT2D eigenvalue weighted by molar-refractivity contribution is 6.35. The number of pyridine rings is 1. The molecule has 0 unspecified atom stereocenters. The molecule has 0 atom stereocenters. The Hall–Kier alpha value is -2.82. The molecule has 0 radical (unpaired) electrons. The smallest absolute Gasteiger partial charge is 0.294 e. The lowest BCUT2D eigenvalue weighted by Crippen LogP contribution is -2.14. The number of benzene rings is 1. The van der Waals surface area contributed by atoms with Crippen LogP contribution in [0.2, 0.25) is 0 Å². The predicted octanol–water partition coefficient (Wildman–Crippen LogP) is -0.752. The van der Waals surface area contributed by atoms with E-state index in [0.717, 1.165) is 21.9 Å². The van der Waals surface area contributed by atoms with Crippen LogP contribution in [0, 0.1) is 0 Å². The van der Waals surface area contributed by atoms with Gasteiger partial charge in [0.05, 0.1) is 0 Å². The first-order valence-electron chi connectivity index (χ1n) is 6.97. The summed E-state index contributed by atoms with van der Waals surface area (Å²) in [6.07, 6.45) is 3.43. The molecule has 1 N–H and O–H groups in total. The lowest BCUT2D eigenvalue weighted by Gasteiger charge is -2.03. The molecule has 4 rings (SSSR count). The van der Waals surface area contributed by atoms with Crippen LogP contribution in [0.4, 0.5) is 0 Å². The van der Waals surface area contributed by atoms with Gasteiger partial charge in [-0.3, -0.25) is 9.78 Å². The average Bonchev–Trinajstić information content (AvgIpc) is 2.86. The molecule has 1 aromatic carbocycles. The number of hydrogen-bond donors (Lipinski definition) is 1. The van der Waals surface area contributed by atoms with E-state index in [1.165, 1.54) is 0 Å². The molecule has 0 aliphatic carbocycles. The molecule has 0 spiro atoms. The van der Waals surface area contributed by atoms with Gasteiger partial charge in [-0.05, 0) is 12.1 Å². The molecule has 3 heterocycles. The lowest BCUT2D eigenvalue weighted by atomic mass is 9.92. The fourth-order valence-electron chi connectivity index (χ4n) is 2.63. The van der Waals surface area contributed by atoms with Gasteiger partial charge in [-0.2, -0.15) is 0 Å². The van der Waals surface area contributed by atoms with Crippen LogP contribution in [-0.4, -0.2) is 30.6 Å². The van der Waals surface area contributed by atoms with Gasteiger partial charge in [0.1, 0.15) is 32.6 Å². The van der Waals surface area contributed by atoms with Gasteiger partial charge in [-0.25, -0.2) is 4.98 Å². The van der Waals surface area contributed by atoms with E-state index in [-0.39, 0.29) is 11.1 Å². The Morgan fingerprint density at radius 1 is 1.18 bits per heavy atom. The molecule has 0 saturated carbocycles. The second-order valence-electron chi connectivity index (χ2n) is 5.38. The van der Waals surface area contributed by atoms with E-state index in [1.54, 1.807) is 12.4 Å². The van der Waals surface area contributed by atoms with Crippen LogP contribution in [0.1, 0.15) is 0 Å². The molecular formula is C15H11B2N3O2. The summed E-state index contributed by atoms with van der Waals surface area (Å²) in [5, 5.41) is 0.856. The summed E-state index contributed by atoms with van der Waals surface area (Å²) in [5.41, 5.74) is 4.15. The van der Waals surface area contributed by atoms with Crippen molar-refractivity contribution in [2.45, 2.75) is 0 Å². The summed E-state index contributed by atoms with van der Waals surface area (Å²) >= 11 is 0. The van der Waals surface area contributed by atoms with E-state index in [1.807, 2.05) is 40.0 Å².